The minimum absolute atomic E-state index is 0.0211. The van der Waals surface area contributed by atoms with E-state index in [1.165, 1.54) is 6.07 Å². The van der Waals surface area contributed by atoms with Crippen molar-refractivity contribution in [3.8, 4) is 5.75 Å². The molecule has 0 aromatic heterocycles. The molecule has 1 fully saturated rings. The molecule has 0 saturated carbocycles. The highest BCUT2D eigenvalue weighted by Crippen LogP contribution is 2.26. The fraction of sp³-hybridized carbons (Fsp3) is 0.444. The molecule has 8 heteroatoms. The van der Waals surface area contributed by atoms with Crippen LogP contribution in [0.4, 0.5) is 10.1 Å². The van der Waals surface area contributed by atoms with Crippen molar-refractivity contribution in [2.75, 3.05) is 39.1 Å². The van der Waals surface area contributed by atoms with Crippen molar-refractivity contribution in [3.63, 3.8) is 0 Å². The number of allylic oxidation sites excluding steroid dienone is 1. The largest absolute Gasteiger partial charge is 0.488 e. The summed E-state index contributed by atoms with van der Waals surface area (Å²) in [4.78, 5) is 2.05. The molecule has 0 bridgehead atoms. The second-order valence-corrected chi connectivity index (χ2v) is 6.20. The predicted molar refractivity (Wildman–Crippen MR) is 101 cm³/mol. The maximum absolute atomic E-state index is 14.0. The topological polar surface area (TPSA) is 107 Å². The maximum Gasteiger partial charge on any atom is 0.167 e. The van der Waals surface area contributed by atoms with Crippen molar-refractivity contribution < 1.29 is 13.9 Å². The monoisotopic (exact) mass is 363 g/mol. The van der Waals surface area contributed by atoms with Gasteiger partial charge in [-0.2, -0.15) is 0 Å². The number of nitrogens with zero attached hydrogens (tertiary/aromatic N) is 1. The van der Waals surface area contributed by atoms with E-state index >= 15 is 0 Å². The number of hydrogen-bond donors (Lipinski definition) is 4. The zero-order chi connectivity index (χ0) is 19.3. The van der Waals surface area contributed by atoms with Gasteiger partial charge in [0, 0.05) is 43.5 Å². The number of nitrogens with one attached hydrogen (secondary N) is 3. The number of nitrogens with two attached hydrogens (primary N) is 1. The Labute approximate surface area is 153 Å². The zero-order valence-corrected chi connectivity index (χ0v) is 15.4. The Hall–Kier alpha value is -2.61. The van der Waals surface area contributed by atoms with Crippen LogP contribution in [0.1, 0.15) is 19.4 Å². The van der Waals surface area contributed by atoms with Crippen LogP contribution in [-0.2, 0) is 4.74 Å². The lowest BCUT2D eigenvalue weighted by Gasteiger charge is -2.30. The van der Waals surface area contributed by atoms with Crippen LogP contribution in [0.3, 0.4) is 0 Å². The molecule has 0 unspecified atom stereocenters. The number of ether oxygens (including phenoxy) is 2. The van der Waals surface area contributed by atoms with Crippen molar-refractivity contribution in [3.05, 3.63) is 35.4 Å². The van der Waals surface area contributed by atoms with Gasteiger partial charge in [0.1, 0.15) is 5.82 Å². The number of benzene rings is 1. The number of nitrogen functional groups attached to an aromatic ring is 1. The first-order valence-electron chi connectivity index (χ1n) is 8.49. The van der Waals surface area contributed by atoms with Gasteiger partial charge < -0.3 is 25.4 Å². The van der Waals surface area contributed by atoms with Gasteiger partial charge in [-0.3, -0.25) is 10.8 Å². The highest BCUT2D eigenvalue weighted by atomic mass is 19.1. The van der Waals surface area contributed by atoms with Crippen LogP contribution in [0.2, 0.25) is 0 Å². The second-order valence-electron chi connectivity index (χ2n) is 6.20. The molecule has 1 aromatic rings. The minimum atomic E-state index is -0.584. The van der Waals surface area contributed by atoms with Crippen LogP contribution >= 0.6 is 0 Å². The van der Waals surface area contributed by atoms with Crippen LogP contribution in [0, 0.1) is 16.6 Å². The van der Waals surface area contributed by atoms with Gasteiger partial charge in [-0.15, -0.1) is 0 Å². The molecule has 1 aliphatic heterocycles. The van der Waals surface area contributed by atoms with E-state index in [4.69, 9.17) is 26.0 Å². The van der Waals surface area contributed by atoms with Crippen molar-refractivity contribution in [1.29, 1.82) is 10.8 Å². The highest BCUT2D eigenvalue weighted by molar-refractivity contribution is 6.50. The molecule has 7 nitrogen and oxygen atoms in total. The first-order chi connectivity index (χ1) is 12.3. The van der Waals surface area contributed by atoms with Crippen LogP contribution in [-0.4, -0.2) is 55.8 Å². The quantitative estimate of drug-likeness (QED) is 0.438. The van der Waals surface area contributed by atoms with Gasteiger partial charge in [-0.25, -0.2) is 4.39 Å². The molecule has 0 radical (unpaired) electrons. The molecule has 0 atom stereocenters. The maximum atomic E-state index is 14.0. The molecule has 1 aromatic carbocycles. The molecule has 142 valence electrons. The summed E-state index contributed by atoms with van der Waals surface area (Å²) in [6, 6.07) is 2.50. The van der Waals surface area contributed by atoms with Crippen LogP contribution in [0.5, 0.6) is 5.75 Å². The number of morpholine rings is 1. The van der Waals surface area contributed by atoms with Crippen molar-refractivity contribution >= 4 is 17.1 Å². The molecular weight excluding hydrogens is 337 g/mol. The van der Waals surface area contributed by atoms with Gasteiger partial charge in [0.15, 0.2) is 11.6 Å². The van der Waals surface area contributed by atoms with Gasteiger partial charge in [0.05, 0.1) is 30.7 Å². The van der Waals surface area contributed by atoms with Crippen LogP contribution in [0.25, 0.3) is 0 Å². The normalized spacial score (nSPS) is 15.1. The van der Waals surface area contributed by atoms with Gasteiger partial charge in [0.25, 0.3) is 0 Å². The Bertz CT molecular complexity index is 712. The van der Waals surface area contributed by atoms with E-state index in [0.717, 1.165) is 11.9 Å². The molecular formula is C18H26FN5O2. The van der Waals surface area contributed by atoms with Crippen LogP contribution < -0.4 is 15.8 Å². The lowest BCUT2D eigenvalue weighted by Crippen LogP contribution is -2.40. The summed E-state index contributed by atoms with van der Waals surface area (Å²) in [7, 11) is 1.76. The summed E-state index contributed by atoms with van der Waals surface area (Å²) < 4.78 is 24.7. The minimum Gasteiger partial charge on any atom is -0.488 e. The standard InChI is InChI=1S/C18H26FN5O2/c1-11(2)26-16-8-12(14(20)9-13(16)19)18(22)15(21)10-17(23-3)24-4-6-25-7-5-24/h8-11,21-23H,4-7,20H2,1-3H3/b17-10+,21-15?,22-18?. The van der Waals surface area contributed by atoms with Crippen molar-refractivity contribution in [1.82, 2.24) is 10.2 Å². The van der Waals surface area contributed by atoms with Crippen LogP contribution in [0.15, 0.2) is 24.0 Å². The molecule has 0 spiro atoms. The Morgan fingerprint density at radius 3 is 2.58 bits per heavy atom. The molecule has 0 amide bonds. The smallest absolute Gasteiger partial charge is 0.167 e. The fourth-order valence-electron chi connectivity index (χ4n) is 2.61. The molecule has 5 N–H and O–H groups in total. The molecule has 0 aliphatic carbocycles. The zero-order valence-electron chi connectivity index (χ0n) is 15.4. The van der Waals surface area contributed by atoms with Gasteiger partial charge in [-0.1, -0.05) is 0 Å². The molecule has 26 heavy (non-hydrogen) atoms. The van der Waals surface area contributed by atoms with Gasteiger partial charge in [-0.05, 0) is 19.9 Å². The first kappa shape index (κ1) is 19.7. The summed E-state index contributed by atoms with van der Waals surface area (Å²) >= 11 is 0. The van der Waals surface area contributed by atoms with Gasteiger partial charge >= 0.3 is 0 Å². The predicted octanol–water partition coefficient (Wildman–Crippen LogP) is 1.98. The lowest BCUT2D eigenvalue weighted by molar-refractivity contribution is 0.0510. The first-order valence-corrected chi connectivity index (χ1v) is 8.49. The van der Waals surface area contributed by atoms with Crippen molar-refractivity contribution in [2.24, 2.45) is 0 Å². The summed E-state index contributed by atoms with van der Waals surface area (Å²) in [6.45, 7) is 6.21. The van der Waals surface area contributed by atoms with E-state index in [-0.39, 0.29) is 34.5 Å². The average Bonchev–Trinajstić information content (AvgIpc) is 2.61. The third kappa shape index (κ3) is 4.72. The third-order valence-corrected chi connectivity index (χ3v) is 3.89. The van der Waals surface area contributed by atoms with Crippen molar-refractivity contribution in [2.45, 2.75) is 20.0 Å². The van der Waals surface area contributed by atoms with Gasteiger partial charge in [0.2, 0.25) is 0 Å². The highest BCUT2D eigenvalue weighted by Gasteiger charge is 2.18. The second kappa shape index (κ2) is 8.66. The Morgan fingerprint density at radius 1 is 1.35 bits per heavy atom. The Kier molecular flexibility index (Phi) is 6.57. The number of rotatable bonds is 7. The van der Waals surface area contributed by atoms with E-state index in [2.05, 4.69) is 5.32 Å². The molecule has 1 aliphatic rings. The van der Waals surface area contributed by atoms with E-state index in [1.54, 1.807) is 27.0 Å². The molecule has 1 saturated heterocycles. The van der Waals surface area contributed by atoms with E-state index < -0.39 is 5.82 Å². The molecule has 2 rings (SSSR count). The number of hydrogen-bond acceptors (Lipinski definition) is 7. The Balaban J connectivity index is 2.26. The lowest BCUT2D eigenvalue weighted by atomic mass is 10.0. The summed E-state index contributed by atoms with van der Waals surface area (Å²) in [6.07, 6.45) is 1.35. The summed E-state index contributed by atoms with van der Waals surface area (Å²) in [5.41, 5.74) is 6.10. The van der Waals surface area contributed by atoms with E-state index in [9.17, 15) is 4.39 Å². The Morgan fingerprint density at radius 2 is 2.00 bits per heavy atom. The van der Waals surface area contributed by atoms with E-state index in [0.29, 0.717) is 26.3 Å². The summed E-state index contributed by atoms with van der Waals surface area (Å²) in [5, 5.41) is 19.6. The summed E-state index contributed by atoms with van der Waals surface area (Å²) in [5.74, 6) is 0.161. The fourth-order valence-corrected chi connectivity index (χ4v) is 2.61. The number of anilines is 1. The average molecular weight is 363 g/mol. The SMILES string of the molecule is CN/C(=C\C(=N)C(=N)c1cc(OC(C)C)c(F)cc1N)N1CCOCC1. The van der Waals surface area contributed by atoms with E-state index in [1.807, 2.05) is 4.90 Å². The molecule has 1 heterocycles. The third-order valence-electron chi connectivity index (χ3n) is 3.89. The number of halogens is 1.